The summed E-state index contributed by atoms with van der Waals surface area (Å²) in [7, 11) is 0. The summed E-state index contributed by atoms with van der Waals surface area (Å²) < 4.78 is 13.1. The highest BCUT2D eigenvalue weighted by Gasteiger charge is 2.18. The molecule has 1 aromatic heterocycles. The average Bonchev–Trinajstić information content (AvgIpc) is 2.81. The number of carbonyl (C=O) groups is 1. The molecule has 1 aromatic carbocycles. The Morgan fingerprint density at radius 3 is 2.89 bits per heavy atom. The zero-order chi connectivity index (χ0) is 12.5. The first-order valence-corrected chi connectivity index (χ1v) is 5.53. The van der Waals surface area contributed by atoms with E-state index in [-0.39, 0.29) is 0 Å². The molecule has 88 valence electrons. The van der Waals surface area contributed by atoms with Crippen LogP contribution in [-0.2, 0) is 6.54 Å². The third-order valence-corrected chi connectivity index (χ3v) is 2.93. The van der Waals surface area contributed by atoms with Crippen LogP contribution in [0.3, 0.4) is 0 Å². The SMILES string of the molecule is O=Cc1ccc2c(c1)C(c1ccnc(F)c1)=NC2. The minimum absolute atomic E-state index is 0.532. The number of aldehydes is 1. The van der Waals surface area contributed by atoms with Gasteiger partial charge in [-0.1, -0.05) is 12.1 Å². The van der Waals surface area contributed by atoms with Gasteiger partial charge in [0.05, 0.1) is 12.3 Å². The van der Waals surface area contributed by atoms with Crippen molar-refractivity contribution in [3.8, 4) is 0 Å². The Bertz CT molecular complexity index is 665. The van der Waals surface area contributed by atoms with Crippen molar-refractivity contribution in [1.29, 1.82) is 0 Å². The second-order valence-electron chi connectivity index (χ2n) is 4.07. The molecule has 2 aromatic rings. The van der Waals surface area contributed by atoms with Crippen molar-refractivity contribution >= 4 is 12.0 Å². The van der Waals surface area contributed by atoms with Gasteiger partial charge in [0.15, 0.2) is 0 Å². The van der Waals surface area contributed by atoms with Gasteiger partial charge in [0, 0.05) is 29.0 Å². The Kier molecular flexibility index (Phi) is 2.48. The van der Waals surface area contributed by atoms with Crippen molar-refractivity contribution in [2.24, 2.45) is 4.99 Å². The lowest BCUT2D eigenvalue weighted by Crippen LogP contribution is -2.02. The number of pyridine rings is 1. The topological polar surface area (TPSA) is 42.3 Å². The van der Waals surface area contributed by atoms with Crippen LogP contribution in [0.2, 0.25) is 0 Å². The number of hydrogen-bond acceptors (Lipinski definition) is 3. The number of aliphatic imine (C=N–C) groups is 1. The molecule has 2 heterocycles. The summed E-state index contributed by atoms with van der Waals surface area (Å²) >= 11 is 0. The number of fused-ring (bicyclic) bond motifs is 1. The van der Waals surface area contributed by atoms with Gasteiger partial charge in [0.25, 0.3) is 0 Å². The van der Waals surface area contributed by atoms with Crippen LogP contribution in [-0.4, -0.2) is 17.0 Å². The van der Waals surface area contributed by atoms with Crippen molar-refractivity contribution in [3.05, 3.63) is 64.7 Å². The Hall–Kier alpha value is -2.36. The highest BCUT2D eigenvalue weighted by Crippen LogP contribution is 2.23. The fourth-order valence-corrected chi connectivity index (χ4v) is 2.07. The monoisotopic (exact) mass is 240 g/mol. The van der Waals surface area contributed by atoms with Crippen molar-refractivity contribution in [2.45, 2.75) is 6.54 Å². The molecule has 4 heteroatoms. The maximum Gasteiger partial charge on any atom is 0.213 e. The van der Waals surface area contributed by atoms with E-state index >= 15 is 0 Å². The Balaban J connectivity index is 2.11. The summed E-state index contributed by atoms with van der Waals surface area (Å²) in [4.78, 5) is 18.7. The van der Waals surface area contributed by atoms with Crippen LogP contribution in [0.1, 0.15) is 27.0 Å². The van der Waals surface area contributed by atoms with Gasteiger partial charge < -0.3 is 0 Å². The van der Waals surface area contributed by atoms with Gasteiger partial charge in [0.2, 0.25) is 5.95 Å². The lowest BCUT2D eigenvalue weighted by molar-refractivity contribution is 0.112. The lowest BCUT2D eigenvalue weighted by Gasteiger charge is -2.04. The van der Waals surface area contributed by atoms with E-state index in [4.69, 9.17) is 0 Å². The molecule has 0 fully saturated rings. The molecule has 0 amide bonds. The van der Waals surface area contributed by atoms with Gasteiger partial charge >= 0.3 is 0 Å². The molecule has 0 spiro atoms. The van der Waals surface area contributed by atoms with Gasteiger partial charge in [-0.3, -0.25) is 9.79 Å². The van der Waals surface area contributed by atoms with Crippen molar-refractivity contribution in [2.75, 3.05) is 0 Å². The third kappa shape index (κ3) is 1.72. The summed E-state index contributed by atoms with van der Waals surface area (Å²) in [5, 5.41) is 0. The molecule has 3 rings (SSSR count). The standard InChI is InChI=1S/C14H9FN2O/c15-13-6-10(3-4-16-13)14-12-5-9(8-18)1-2-11(12)7-17-14/h1-6,8H,7H2. The number of nitrogens with zero attached hydrogens (tertiary/aromatic N) is 2. The number of rotatable bonds is 2. The minimum Gasteiger partial charge on any atom is -0.298 e. The van der Waals surface area contributed by atoms with Gasteiger partial charge in [-0.25, -0.2) is 4.98 Å². The van der Waals surface area contributed by atoms with E-state index in [1.807, 2.05) is 6.07 Å². The van der Waals surface area contributed by atoms with Crippen LogP contribution >= 0.6 is 0 Å². The fourth-order valence-electron chi connectivity index (χ4n) is 2.07. The van der Waals surface area contributed by atoms with E-state index in [1.54, 1.807) is 18.2 Å². The second-order valence-corrected chi connectivity index (χ2v) is 4.07. The second kappa shape index (κ2) is 4.14. The predicted octanol–water partition coefficient (Wildman–Crippen LogP) is 2.38. The molecule has 1 aliphatic rings. The van der Waals surface area contributed by atoms with Crippen LogP contribution in [0.15, 0.2) is 41.5 Å². The predicted molar refractivity (Wildman–Crippen MR) is 65.4 cm³/mol. The minimum atomic E-state index is -0.532. The summed E-state index contributed by atoms with van der Waals surface area (Å²) in [5.74, 6) is -0.532. The first kappa shape index (κ1) is 10.8. The molecule has 3 nitrogen and oxygen atoms in total. The zero-order valence-corrected chi connectivity index (χ0v) is 9.43. The van der Waals surface area contributed by atoms with E-state index in [0.717, 1.165) is 23.1 Å². The Morgan fingerprint density at radius 1 is 1.22 bits per heavy atom. The number of aromatic nitrogens is 1. The molecule has 1 aliphatic heterocycles. The molecular formula is C14H9FN2O. The van der Waals surface area contributed by atoms with Gasteiger partial charge in [0.1, 0.15) is 6.29 Å². The molecular weight excluding hydrogens is 231 g/mol. The quantitative estimate of drug-likeness (QED) is 0.597. The summed E-state index contributed by atoms with van der Waals surface area (Å²) in [6, 6.07) is 8.49. The highest BCUT2D eigenvalue weighted by molar-refractivity contribution is 6.15. The van der Waals surface area contributed by atoms with Crippen LogP contribution in [0.5, 0.6) is 0 Å². The Labute approximate surface area is 103 Å². The van der Waals surface area contributed by atoms with Crippen molar-refractivity contribution < 1.29 is 9.18 Å². The number of halogens is 1. The number of hydrogen-bond donors (Lipinski definition) is 0. The lowest BCUT2D eigenvalue weighted by atomic mass is 9.99. The summed E-state index contributed by atoms with van der Waals surface area (Å²) in [5.41, 5.74) is 3.94. The van der Waals surface area contributed by atoms with Crippen LogP contribution in [0, 0.1) is 5.95 Å². The number of carbonyl (C=O) groups excluding carboxylic acids is 1. The smallest absolute Gasteiger partial charge is 0.213 e. The van der Waals surface area contributed by atoms with Crippen molar-refractivity contribution in [1.82, 2.24) is 4.98 Å². The number of benzene rings is 1. The van der Waals surface area contributed by atoms with Crippen LogP contribution < -0.4 is 0 Å². The molecule has 0 aliphatic carbocycles. The highest BCUT2D eigenvalue weighted by atomic mass is 19.1. The van der Waals surface area contributed by atoms with Crippen LogP contribution in [0.25, 0.3) is 0 Å². The van der Waals surface area contributed by atoms with Crippen LogP contribution in [0.4, 0.5) is 4.39 Å². The first-order valence-electron chi connectivity index (χ1n) is 5.53. The molecule has 0 N–H and O–H groups in total. The van der Waals surface area contributed by atoms with E-state index < -0.39 is 5.95 Å². The zero-order valence-electron chi connectivity index (χ0n) is 9.43. The Morgan fingerprint density at radius 2 is 2.11 bits per heavy atom. The largest absolute Gasteiger partial charge is 0.298 e. The average molecular weight is 240 g/mol. The first-order chi connectivity index (χ1) is 8.78. The molecule has 0 saturated heterocycles. The van der Waals surface area contributed by atoms with E-state index in [0.29, 0.717) is 17.7 Å². The molecule has 0 saturated carbocycles. The maximum atomic E-state index is 13.1. The normalized spacial score (nSPS) is 13.1. The molecule has 0 unspecified atom stereocenters. The fraction of sp³-hybridized carbons (Fsp3) is 0.0714. The summed E-state index contributed by atoms with van der Waals surface area (Å²) in [6.07, 6.45) is 2.21. The van der Waals surface area contributed by atoms with E-state index in [2.05, 4.69) is 9.98 Å². The molecule has 0 radical (unpaired) electrons. The van der Waals surface area contributed by atoms with Gasteiger partial charge in [-0.2, -0.15) is 4.39 Å². The van der Waals surface area contributed by atoms with Gasteiger partial charge in [-0.15, -0.1) is 0 Å². The van der Waals surface area contributed by atoms with Crippen molar-refractivity contribution in [3.63, 3.8) is 0 Å². The maximum absolute atomic E-state index is 13.1. The third-order valence-electron chi connectivity index (χ3n) is 2.93. The molecule has 0 bridgehead atoms. The van der Waals surface area contributed by atoms with Gasteiger partial charge in [-0.05, 0) is 17.7 Å². The molecule has 18 heavy (non-hydrogen) atoms. The van der Waals surface area contributed by atoms with E-state index in [9.17, 15) is 9.18 Å². The molecule has 0 atom stereocenters. The van der Waals surface area contributed by atoms with E-state index in [1.165, 1.54) is 12.3 Å². The summed E-state index contributed by atoms with van der Waals surface area (Å²) in [6.45, 7) is 0.563.